The van der Waals surface area contributed by atoms with Crippen molar-refractivity contribution in [2.75, 3.05) is 18.0 Å². The van der Waals surface area contributed by atoms with E-state index in [9.17, 15) is 0 Å². The second kappa shape index (κ2) is 5.59. The van der Waals surface area contributed by atoms with Crippen molar-refractivity contribution in [2.45, 2.75) is 18.9 Å². The van der Waals surface area contributed by atoms with Crippen LogP contribution in [0.3, 0.4) is 0 Å². The summed E-state index contributed by atoms with van der Waals surface area (Å²) in [6, 6.07) is 2.41. The van der Waals surface area contributed by atoms with Crippen LogP contribution in [0.2, 0.25) is 0 Å². The average molecular weight is 295 g/mol. The topological polar surface area (TPSA) is 64.7 Å². The smallest absolute Gasteiger partial charge is 0.173 e. The Hall–Kier alpha value is -2.70. The maximum Gasteiger partial charge on any atom is 0.173 e. The molecular formula is C15H17N7. The van der Waals surface area contributed by atoms with E-state index in [0.717, 1.165) is 37.6 Å². The Morgan fingerprint density at radius 3 is 2.55 bits per heavy atom. The van der Waals surface area contributed by atoms with Crippen LogP contribution < -0.4 is 4.90 Å². The lowest BCUT2D eigenvalue weighted by molar-refractivity contribution is 0.394. The molecule has 1 aliphatic heterocycles. The van der Waals surface area contributed by atoms with Crippen molar-refractivity contribution in [3.8, 4) is 5.82 Å². The molecule has 4 heterocycles. The van der Waals surface area contributed by atoms with Gasteiger partial charge in [-0.2, -0.15) is 5.10 Å². The number of hydrogen-bond acceptors (Lipinski definition) is 5. The molecule has 1 fully saturated rings. The van der Waals surface area contributed by atoms with E-state index in [2.05, 4.69) is 29.5 Å². The number of nitrogens with zero attached hydrogens (tertiary/aromatic N) is 7. The molecular weight excluding hydrogens is 278 g/mol. The second-order valence-corrected chi connectivity index (χ2v) is 5.41. The standard InChI is InChI=1S/C15H17N7/c1-4-18-22(6-1)15-11-17-10-14(19-15)20-7-2-13(3-8-20)21-9-5-16-12-21/h1,4-6,9-13H,2-3,7-8H2. The highest BCUT2D eigenvalue weighted by Gasteiger charge is 2.21. The van der Waals surface area contributed by atoms with Crippen LogP contribution in [0.1, 0.15) is 18.9 Å². The quantitative estimate of drug-likeness (QED) is 0.736. The molecule has 0 aromatic carbocycles. The molecule has 0 atom stereocenters. The molecule has 4 rings (SSSR count). The lowest BCUT2D eigenvalue weighted by atomic mass is 10.1. The SMILES string of the molecule is c1cnn(-c2cncc(N3CCC(n4ccnc4)CC3)n2)c1. The van der Waals surface area contributed by atoms with Crippen LogP contribution in [0.4, 0.5) is 5.82 Å². The zero-order valence-electron chi connectivity index (χ0n) is 12.2. The highest BCUT2D eigenvalue weighted by atomic mass is 15.3. The van der Waals surface area contributed by atoms with Crippen molar-refractivity contribution in [1.82, 2.24) is 29.3 Å². The number of anilines is 1. The van der Waals surface area contributed by atoms with Crippen molar-refractivity contribution in [1.29, 1.82) is 0 Å². The first-order valence-electron chi connectivity index (χ1n) is 7.44. The molecule has 22 heavy (non-hydrogen) atoms. The molecule has 0 aliphatic carbocycles. The van der Waals surface area contributed by atoms with Crippen LogP contribution >= 0.6 is 0 Å². The summed E-state index contributed by atoms with van der Waals surface area (Å²) < 4.78 is 3.93. The van der Waals surface area contributed by atoms with Gasteiger partial charge in [0.15, 0.2) is 5.82 Å². The van der Waals surface area contributed by atoms with Gasteiger partial charge in [-0.3, -0.25) is 4.98 Å². The fraction of sp³-hybridized carbons (Fsp3) is 0.333. The predicted octanol–water partition coefficient (Wildman–Crippen LogP) is 1.70. The molecule has 1 saturated heterocycles. The van der Waals surface area contributed by atoms with Crippen molar-refractivity contribution in [3.63, 3.8) is 0 Å². The van der Waals surface area contributed by atoms with Crippen molar-refractivity contribution < 1.29 is 0 Å². The van der Waals surface area contributed by atoms with Gasteiger partial charge in [-0.1, -0.05) is 0 Å². The van der Waals surface area contributed by atoms with Gasteiger partial charge in [0, 0.05) is 43.9 Å². The molecule has 0 unspecified atom stereocenters. The fourth-order valence-corrected chi connectivity index (χ4v) is 2.89. The van der Waals surface area contributed by atoms with E-state index in [0.29, 0.717) is 6.04 Å². The summed E-state index contributed by atoms with van der Waals surface area (Å²) in [5, 5.41) is 4.20. The van der Waals surface area contributed by atoms with E-state index in [4.69, 9.17) is 0 Å². The number of piperidine rings is 1. The molecule has 7 nitrogen and oxygen atoms in total. The number of hydrogen-bond donors (Lipinski definition) is 0. The highest BCUT2D eigenvalue weighted by Crippen LogP contribution is 2.25. The number of imidazole rings is 1. The van der Waals surface area contributed by atoms with Gasteiger partial charge < -0.3 is 9.47 Å². The molecule has 3 aromatic rings. The van der Waals surface area contributed by atoms with Crippen LogP contribution in [0, 0.1) is 0 Å². The molecule has 3 aromatic heterocycles. The number of aromatic nitrogens is 6. The Morgan fingerprint density at radius 2 is 1.82 bits per heavy atom. The largest absolute Gasteiger partial charge is 0.355 e. The molecule has 0 spiro atoms. The van der Waals surface area contributed by atoms with Gasteiger partial charge in [0.2, 0.25) is 0 Å². The van der Waals surface area contributed by atoms with E-state index >= 15 is 0 Å². The van der Waals surface area contributed by atoms with E-state index in [1.165, 1.54) is 0 Å². The Bertz CT molecular complexity index is 712. The normalized spacial score (nSPS) is 16.1. The third kappa shape index (κ3) is 2.45. The highest BCUT2D eigenvalue weighted by molar-refractivity contribution is 5.39. The molecule has 0 bridgehead atoms. The van der Waals surface area contributed by atoms with Gasteiger partial charge in [-0.25, -0.2) is 14.6 Å². The third-order valence-corrected chi connectivity index (χ3v) is 4.08. The van der Waals surface area contributed by atoms with Gasteiger partial charge >= 0.3 is 0 Å². The second-order valence-electron chi connectivity index (χ2n) is 5.41. The predicted molar refractivity (Wildman–Crippen MR) is 81.9 cm³/mol. The number of rotatable bonds is 3. The van der Waals surface area contributed by atoms with Gasteiger partial charge in [-0.05, 0) is 18.9 Å². The van der Waals surface area contributed by atoms with Gasteiger partial charge in [-0.15, -0.1) is 0 Å². The van der Waals surface area contributed by atoms with E-state index < -0.39 is 0 Å². The average Bonchev–Trinajstić information content (AvgIpc) is 3.29. The monoisotopic (exact) mass is 295 g/mol. The van der Waals surface area contributed by atoms with Crippen LogP contribution in [-0.4, -0.2) is 42.4 Å². The fourth-order valence-electron chi connectivity index (χ4n) is 2.89. The summed E-state index contributed by atoms with van der Waals surface area (Å²) in [5.41, 5.74) is 0. The van der Waals surface area contributed by atoms with Gasteiger partial charge in [0.25, 0.3) is 0 Å². The first kappa shape index (κ1) is 13.0. The van der Waals surface area contributed by atoms with Gasteiger partial charge in [0.05, 0.1) is 18.7 Å². The first-order chi connectivity index (χ1) is 10.9. The minimum Gasteiger partial charge on any atom is -0.355 e. The lowest BCUT2D eigenvalue weighted by Crippen LogP contribution is -2.35. The van der Waals surface area contributed by atoms with Gasteiger partial charge in [0.1, 0.15) is 5.82 Å². The van der Waals surface area contributed by atoms with E-state index in [-0.39, 0.29) is 0 Å². The molecule has 0 saturated carbocycles. The summed E-state index contributed by atoms with van der Waals surface area (Å²) >= 11 is 0. The minimum absolute atomic E-state index is 0.529. The summed E-state index contributed by atoms with van der Waals surface area (Å²) in [6.07, 6.45) is 15.1. The molecule has 112 valence electrons. The Balaban J connectivity index is 1.48. The van der Waals surface area contributed by atoms with Crippen LogP contribution in [-0.2, 0) is 0 Å². The first-order valence-corrected chi connectivity index (χ1v) is 7.44. The summed E-state index contributed by atoms with van der Waals surface area (Å²) in [5.74, 6) is 1.66. The minimum atomic E-state index is 0.529. The molecule has 7 heteroatoms. The summed E-state index contributed by atoms with van der Waals surface area (Å²) in [6.45, 7) is 1.94. The molecule has 0 amide bonds. The Kier molecular flexibility index (Phi) is 3.30. The Labute approximate surface area is 128 Å². The third-order valence-electron chi connectivity index (χ3n) is 4.08. The maximum atomic E-state index is 4.67. The molecule has 0 radical (unpaired) electrons. The van der Waals surface area contributed by atoms with Crippen molar-refractivity contribution >= 4 is 5.82 Å². The van der Waals surface area contributed by atoms with Crippen LogP contribution in [0.25, 0.3) is 5.82 Å². The molecule has 1 aliphatic rings. The van der Waals surface area contributed by atoms with Crippen LogP contribution in [0.5, 0.6) is 0 Å². The van der Waals surface area contributed by atoms with Crippen LogP contribution in [0.15, 0.2) is 49.6 Å². The molecule has 0 N–H and O–H groups in total. The van der Waals surface area contributed by atoms with Crippen molar-refractivity contribution in [2.24, 2.45) is 0 Å². The zero-order chi connectivity index (χ0) is 14.8. The van der Waals surface area contributed by atoms with E-state index in [1.54, 1.807) is 17.1 Å². The zero-order valence-corrected chi connectivity index (χ0v) is 12.2. The summed E-state index contributed by atoms with van der Waals surface area (Å²) in [4.78, 5) is 15.4. The lowest BCUT2D eigenvalue weighted by Gasteiger charge is -2.33. The Morgan fingerprint density at radius 1 is 0.955 bits per heavy atom. The van der Waals surface area contributed by atoms with E-state index in [1.807, 2.05) is 37.2 Å². The summed E-state index contributed by atoms with van der Waals surface area (Å²) in [7, 11) is 0. The maximum absolute atomic E-state index is 4.67. The van der Waals surface area contributed by atoms with Crippen molar-refractivity contribution in [3.05, 3.63) is 49.6 Å².